The summed E-state index contributed by atoms with van der Waals surface area (Å²) in [5.41, 5.74) is 2.54. The minimum Gasteiger partial charge on any atom is -0.406 e. The predicted octanol–water partition coefficient (Wildman–Crippen LogP) is 5.19. The maximum Gasteiger partial charge on any atom is 0.573 e. The third kappa shape index (κ3) is 7.54. The highest BCUT2D eigenvalue weighted by Gasteiger charge is 2.31. The molecule has 3 aromatic rings. The van der Waals surface area contributed by atoms with E-state index in [-0.39, 0.29) is 11.8 Å². The van der Waals surface area contributed by atoms with Crippen LogP contribution in [0, 0.1) is 0 Å². The lowest BCUT2D eigenvalue weighted by molar-refractivity contribution is -0.274. The van der Waals surface area contributed by atoms with Gasteiger partial charge in [-0.3, -0.25) is 4.99 Å². The van der Waals surface area contributed by atoms with Crippen LogP contribution in [0.1, 0.15) is 12.0 Å². The molecule has 0 saturated carbocycles. The smallest absolute Gasteiger partial charge is 0.406 e. The van der Waals surface area contributed by atoms with E-state index in [2.05, 4.69) is 15.4 Å². The number of nitrogens with one attached hydrogen (secondary N) is 2. The fourth-order valence-electron chi connectivity index (χ4n) is 3.00. The number of aromatic nitrogens is 1. The number of carbonyl (C=O) groups is 1. The summed E-state index contributed by atoms with van der Waals surface area (Å²) in [5, 5.41) is 7.79. The number of hydrogen-bond donors (Lipinski definition) is 2. The number of alkyl halides is 3. The molecule has 1 heterocycles. The molecule has 1 aromatic heterocycles. The van der Waals surface area contributed by atoms with Gasteiger partial charge in [0.1, 0.15) is 5.75 Å². The normalized spacial score (nSPS) is 12.0. The second kappa shape index (κ2) is 11.2. The fraction of sp³-hybridized carbons (Fsp3) is 0.273. The number of hydrogen-bond acceptors (Lipinski definition) is 4. The van der Waals surface area contributed by atoms with Crippen molar-refractivity contribution < 1.29 is 22.7 Å². The highest BCUT2D eigenvalue weighted by atomic mass is 35.5. The summed E-state index contributed by atoms with van der Waals surface area (Å²) in [7, 11) is 1.54. The van der Waals surface area contributed by atoms with Crippen molar-refractivity contribution in [3.63, 3.8) is 0 Å². The number of rotatable bonds is 8. The summed E-state index contributed by atoms with van der Waals surface area (Å²) in [6, 6.07) is 12.8. The molecule has 3 rings (SSSR count). The van der Waals surface area contributed by atoms with E-state index in [4.69, 9.17) is 16.6 Å². The monoisotopic (exact) mass is 498 g/mol. The van der Waals surface area contributed by atoms with Gasteiger partial charge < -0.3 is 19.9 Å². The number of urea groups is 1. The van der Waals surface area contributed by atoms with Crippen molar-refractivity contribution in [2.75, 3.05) is 13.6 Å². The molecule has 0 aliphatic rings. The van der Waals surface area contributed by atoms with Gasteiger partial charge in [-0.1, -0.05) is 23.7 Å². The maximum absolute atomic E-state index is 12.5. The number of benzene rings is 2. The van der Waals surface area contributed by atoms with E-state index in [0.717, 1.165) is 21.6 Å². The minimum absolute atomic E-state index is 0.265. The summed E-state index contributed by atoms with van der Waals surface area (Å²) < 4.78 is 43.3. The van der Waals surface area contributed by atoms with Gasteiger partial charge in [-0.05, 0) is 53.9 Å². The lowest BCUT2D eigenvalue weighted by atomic mass is 10.1. The van der Waals surface area contributed by atoms with Crippen LogP contribution in [-0.4, -0.2) is 30.6 Å². The number of nitrogens with zero attached hydrogens (tertiary/aromatic N) is 2. The first-order valence-corrected chi connectivity index (χ1v) is 11.3. The van der Waals surface area contributed by atoms with Crippen molar-refractivity contribution in [3.8, 4) is 17.0 Å². The molecule has 0 aliphatic heterocycles. The number of amides is 2. The Morgan fingerprint density at radius 2 is 1.85 bits per heavy atom. The van der Waals surface area contributed by atoms with Gasteiger partial charge >= 0.3 is 12.4 Å². The molecule has 0 radical (unpaired) electrons. The summed E-state index contributed by atoms with van der Waals surface area (Å²) in [4.78, 5) is 16.9. The van der Waals surface area contributed by atoms with E-state index in [1.807, 2.05) is 22.1 Å². The first-order valence-electron chi connectivity index (χ1n) is 10.00. The van der Waals surface area contributed by atoms with E-state index >= 15 is 0 Å². The lowest BCUT2D eigenvalue weighted by Gasteiger charge is -2.12. The zero-order valence-electron chi connectivity index (χ0n) is 17.7. The van der Waals surface area contributed by atoms with Crippen LogP contribution in [0.2, 0.25) is 5.02 Å². The quantitative estimate of drug-likeness (QED) is 0.420. The van der Waals surface area contributed by atoms with E-state index in [0.29, 0.717) is 31.1 Å². The Morgan fingerprint density at radius 1 is 1.15 bits per heavy atom. The molecule has 0 saturated heterocycles. The Hall–Kier alpha value is -2.98. The Balaban J connectivity index is 1.84. The molecular formula is C22H22ClF3N4O2S. The number of carbonyl (C=O) groups excluding carboxylic acids is 1. The van der Waals surface area contributed by atoms with Crippen molar-refractivity contribution in [2.24, 2.45) is 4.99 Å². The largest absolute Gasteiger partial charge is 0.573 e. The first-order chi connectivity index (χ1) is 15.7. The molecule has 33 heavy (non-hydrogen) atoms. The summed E-state index contributed by atoms with van der Waals surface area (Å²) in [6.07, 6.45) is -4.10. The van der Waals surface area contributed by atoms with Crippen LogP contribution in [0.4, 0.5) is 18.0 Å². The highest BCUT2D eigenvalue weighted by Crippen LogP contribution is 2.27. The van der Waals surface area contributed by atoms with Crippen LogP contribution in [-0.2, 0) is 13.1 Å². The van der Waals surface area contributed by atoms with E-state index in [1.54, 1.807) is 31.3 Å². The van der Waals surface area contributed by atoms with Crippen LogP contribution in [0.15, 0.2) is 58.9 Å². The molecule has 0 aliphatic carbocycles. The molecule has 0 unspecified atom stereocenters. The SMILES string of the molecule is CNC(=O)NCCCn1c(-c2ccc(OC(F)(F)F)cc2)cs/c1=N\Cc1ccc(Cl)cc1. The Morgan fingerprint density at radius 3 is 2.48 bits per heavy atom. The van der Waals surface area contributed by atoms with Crippen LogP contribution < -0.4 is 20.2 Å². The van der Waals surface area contributed by atoms with Crippen molar-refractivity contribution >= 4 is 29.0 Å². The molecule has 2 aromatic carbocycles. The van der Waals surface area contributed by atoms with Gasteiger partial charge in [0.25, 0.3) is 0 Å². The van der Waals surface area contributed by atoms with Gasteiger partial charge in [0.15, 0.2) is 4.80 Å². The maximum atomic E-state index is 12.5. The molecular weight excluding hydrogens is 477 g/mol. The number of halogens is 4. The standard InChI is InChI=1S/C22H22ClF3N4O2S/c1-27-20(31)28-11-2-12-30-19(16-5-9-18(10-6-16)32-22(24,25)26)14-33-21(30)29-13-15-3-7-17(23)8-4-15/h3-10,14H,2,11-13H2,1H3,(H2,27,28,31)/b29-21-. The second-order valence-corrected chi connectivity index (χ2v) is 8.20. The zero-order valence-corrected chi connectivity index (χ0v) is 19.2. The van der Waals surface area contributed by atoms with E-state index in [9.17, 15) is 18.0 Å². The van der Waals surface area contributed by atoms with Crippen molar-refractivity contribution in [3.05, 3.63) is 69.3 Å². The van der Waals surface area contributed by atoms with E-state index in [1.165, 1.54) is 23.5 Å². The third-order valence-corrected chi connectivity index (χ3v) is 5.72. The summed E-state index contributed by atoms with van der Waals surface area (Å²) >= 11 is 7.37. The molecule has 0 bridgehead atoms. The fourth-order valence-corrected chi connectivity index (χ4v) is 4.07. The van der Waals surface area contributed by atoms with Gasteiger partial charge in [0.2, 0.25) is 0 Å². The van der Waals surface area contributed by atoms with Crippen molar-refractivity contribution in [1.82, 2.24) is 15.2 Å². The highest BCUT2D eigenvalue weighted by molar-refractivity contribution is 7.07. The van der Waals surface area contributed by atoms with Gasteiger partial charge in [0, 0.05) is 30.5 Å². The van der Waals surface area contributed by atoms with Crippen LogP contribution in [0.3, 0.4) is 0 Å². The molecule has 0 atom stereocenters. The summed E-state index contributed by atoms with van der Waals surface area (Å²) in [6.45, 7) is 1.46. The average molecular weight is 499 g/mol. The molecule has 176 valence electrons. The third-order valence-electron chi connectivity index (χ3n) is 4.56. The van der Waals surface area contributed by atoms with Gasteiger partial charge in [0.05, 0.1) is 12.2 Å². The Bertz CT molecular complexity index is 1130. The number of ether oxygens (including phenoxy) is 1. The van der Waals surface area contributed by atoms with Crippen LogP contribution in [0.5, 0.6) is 5.75 Å². The lowest BCUT2D eigenvalue weighted by Crippen LogP contribution is -2.34. The first kappa shape index (κ1) is 24.7. The molecule has 2 amide bonds. The molecule has 0 fully saturated rings. The average Bonchev–Trinajstić information content (AvgIpc) is 3.18. The van der Waals surface area contributed by atoms with Crippen molar-refractivity contribution in [1.29, 1.82) is 0 Å². The molecule has 0 spiro atoms. The van der Waals surface area contributed by atoms with Crippen molar-refractivity contribution in [2.45, 2.75) is 25.9 Å². The Kier molecular flexibility index (Phi) is 8.40. The Labute approximate surface area is 197 Å². The predicted molar refractivity (Wildman–Crippen MR) is 122 cm³/mol. The minimum atomic E-state index is -4.74. The zero-order chi connectivity index (χ0) is 23.8. The van der Waals surface area contributed by atoms with Crippen LogP contribution >= 0.6 is 22.9 Å². The van der Waals surface area contributed by atoms with Crippen LogP contribution in [0.25, 0.3) is 11.3 Å². The van der Waals surface area contributed by atoms with E-state index < -0.39 is 6.36 Å². The second-order valence-electron chi connectivity index (χ2n) is 6.93. The molecule has 2 N–H and O–H groups in total. The van der Waals surface area contributed by atoms with Gasteiger partial charge in [-0.25, -0.2) is 4.79 Å². The van der Waals surface area contributed by atoms with Gasteiger partial charge in [-0.2, -0.15) is 0 Å². The number of thiazole rings is 1. The topological polar surface area (TPSA) is 67.7 Å². The summed E-state index contributed by atoms with van der Waals surface area (Å²) in [5.74, 6) is -0.282. The van der Waals surface area contributed by atoms with Gasteiger partial charge in [-0.15, -0.1) is 24.5 Å². The molecule has 6 nitrogen and oxygen atoms in total. The molecule has 11 heteroatoms.